The molecular formula is C20H28ClN3O3. The van der Waals surface area contributed by atoms with Gasteiger partial charge >= 0.3 is 0 Å². The number of fused-ring (bicyclic) bond motifs is 1. The summed E-state index contributed by atoms with van der Waals surface area (Å²) in [6.07, 6.45) is 5.31. The van der Waals surface area contributed by atoms with E-state index in [1.165, 1.54) is 0 Å². The Morgan fingerprint density at radius 2 is 2.00 bits per heavy atom. The molecular weight excluding hydrogens is 366 g/mol. The first-order valence-corrected chi connectivity index (χ1v) is 9.71. The van der Waals surface area contributed by atoms with E-state index in [-0.39, 0.29) is 30.5 Å². The Morgan fingerprint density at radius 1 is 1.19 bits per heavy atom. The first kappa shape index (κ1) is 19.8. The van der Waals surface area contributed by atoms with Crippen molar-refractivity contribution in [1.82, 2.24) is 9.80 Å². The zero-order valence-electron chi connectivity index (χ0n) is 15.6. The second-order valence-corrected chi connectivity index (χ2v) is 7.41. The van der Waals surface area contributed by atoms with Gasteiger partial charge in [-0.3, -0.25) is 10.2 Å². The molecule has 7 heteroatoms. The molecule has 148 valence electrons. The fourth-order valence-electron chi connectivity index (χ4n) is 4.18. The Bertz CT molecular complexity index is 684. The molecule has 0 aliphatic carbocycles. The van der Waals surface area contributed by atoms with Gasteiger partial charge in [0.2, 0.25) is 5.91 Å². The number of nitrogens with zero attached hydrogens (tertiary/aromatic N) is 2. The molecule has 3 aliphatic rings. The van der Waals surface area contributed by atoms with Crippen LogP contribution in [-0.4, -0.2) is 59.9 Å². The average molecular weight is 394 g/mol. The minimum absolute atomic E-state index is 0. The highest BCUT2D eigenvalue weighted by atomic mass is 35.5. The molecule has 1 aromatic carbocycles. The third-order valence-corrected chi connectivity index (χ3v) is 5.62. The van der Waals surface area contributed by atoms with Crippen molar-refractivity contribution in [2.45, 2.75) is 50.7 Å². The van der Waals surface area contributed by atoms with Crippen LogP contribution < -0.4 is 9.47 Å². The van der Waals surface area contributed by atoms with Crippen molar-refractivity contribution in [3.05, 3.63) is 24.3 Å². The number of nitrogens with one attached hydrogen (secondary N) is 1. The minimum Gasteiger partial charge on any atom is -0.486 e. The van der Waals surface area contributed by atoms with Gasteiger partial charge in [0.15, 0.2) is 11.5 Å². The first-order valence-electron chi connectivity index (χ1n) is 9.71. The normalized spacial score (nSPS) is 24.7. The lowest BCUT2D eigenvalue weighted by Crippen LogP contribution is -2.48. The number of amides is 1. The maximum absolute atomic E-state index is 11.9. The molecule has 3 aliphatic heterocycles. The first-order chi connectivity index (χ1) is 12.7. The summed E-state index contributed by atoms with van der Waals surface area (Å²) in [7, 11) is 0. The predicted octanol–water partition coefficient (Wildman–Crippen LogP) is 3.09. The maximum Gasteiger partial charge on any atom is 0.222 e. The predicted molar refractivity (Wildman–Crippen MR) is 106 cm³/mol. The molecule has 0 radical (unpaired) electrons. The number of rotatable bonds is 5. The van der Waals surface area contributed by atoms with E-state index in [4.69, 9.17) is 14.9 Å². The summed E-state index contributed by atoms with van der Waals surface area (Å²) in [5.74, 6) is 2.59. The van der Waals surface area contributed by atoms with E-state index in [0.717, 1.165) is 56.8 Å². The van der Waals surface area contributed by atoms with Crippen molar-refractivity contribution < 1.29 is 14.3 Å². The summed E-state index contributed by atoms with van der Waals surface area (Å²) in [5, 5.41) is 8.36. The molecule has 1 amide bonds. The van der Waals surface area contributed by atoms with Crippen LogP contribution in [0.1, 0.15) is 38.5 Å². The molecule has 2 saturated heterocycles. The lowest BCUT2D eigenvalue weighted by Gasteiger charge is -2.38. The average Bonchev–Trinajstić information content (AvgIpc) is 3.09. The van der Waals surface area contributed by atoms with E-state index in [2.05, 4.69) is 4.90 Å². The van der Waals surface area contributed by atoms with Gasteiger partial charge in [-0.1, -0.05) is 12.1 Å². The number of amidine groups is 1. The number of piperidine rings is 1. The summed E-state index contributed by atoms with van der Waals surface area (Å²) in [5.41, 5.74) is 0. The van der Waals surface area contributed by atoms with E-state index in [0.29, 0.717) is 25.3 Å². The zero-order valence-corrected chi connectivity index (χ0v) is 16.4. The molecule has 0 aromatic heterocycles. The SMILES string of the molecule is Cl.N=C1CC(N2CCCC2=O)CCN1CCCC1COc2ccccc2O1. The highest BCUT2D eigenvalue weighted by Crippen LogP contribution is 2.32. The van der Waals surface area contributed by atoms with Crippen molar-refractivity contribution in [2.24, 2.45) is 0 Å². The van der Waals surface area contributed by atoms with Gasteiger partial charge in [0.1, 0.15) is 12.7 Å². The summed E-state index contributed by atoms with van der Waals surface area (Å²) < 4.78 is 11.8. The highest BCUT2D eigenvalue weighted by Gasteiger charge is 2.32. The molecule has 27 heavy (non-hydrogen) atoms. The van der Waals surface area contributed by atoms with Crippen LogP contribution in [0, 0.1) is 5.41 Å². The van der Waals surface area contributed by atoms with Crippen LogP contribution in [-0.2, 0) is 4.79 Å². The fraction of sp³-hybridized carbons (Fsp3) is 0.600. The number of benzene rings is 1. The van der Waals surface area contributed by atoms with E-state index < -0.39 is 0 Å². The van der Waals surface area contributed by atoms with Gasteiger partial charge in [0.25, 0.3) is 0 Å². The standard InChI is InChI=1S/C20H27N3O3.ClH/c21-19-13-15(23-11-4-8-20(23)24)9-12-22(19)10-3-5-16-14-25-17-6-1-2-7-18(17)26-16;/h1-2,6-7,15-16,21H,3-5,8-14H2;1H. The van der Waals surface area contributed by atoms with Crippen LogP contribution >= 0.6 is 12.4 Å². The van der Waals surface area contributed by atoms with Crippen molar-refractivity contribution in [1.29, 1.82) is 5.41 Å². The van der Waals surface area contributed by atoms with Crippen molar-refractivity contribution in [2.75, 3.05) is 26.2 Å². The number of hydrogen-bond acceptors (Lipinski definition) is 4. The molecule has 4 rings (SSSR count). The summed E-state index contributed by atoms with van der Waals surface area (Å²) in [4.78, 5) is 16.1. The number of ether oxygens (including phenoxy) is 2. The molecule has 1 aromatic rings. The molecule has 0 bridgehead atoms. The quantitative estimate of drug-likeness (QED) is 0.834. The van der Waals surface area contributed by atoms with Crippen LogP contribution in [0.4, 0.5) is 0 Å². The van der Waals surface area contributed by atoms with Gasteiger partial charge in [-0.05, 0) is 37.8 Å². The second-order valence-electron chi connectivity index (χ2n) is 7.41. The molecule has 2 atom stereocenters. The van der Waals surface area contributed by atoms with Crippen molar-refractivity contribution in [3.8, 4) is 11.5 Å². The van der Waals surface area contributed by atoms with E-state index in [9.17, 15) is 4.79 Å². The number of carbonyl (C=O) groups is 1. The third kappa shape index (κ3) is 4.49. The highest BCUT2D eigenvalue weighted by molar-refractivity contribution is 5.85. The van der Waals surface area contributed by atoms with E-state index in [1.807, 2.05) is 29.2 Å². The van der Waals surface area contributed by atoms with E-state index >= 15 is 0 Å². The van der Waals surface area contributed by atoms with Crippen LogP contribution in [0.15, 0.2) is 24.3 Å². The number of carbonyl (C=O) groups excluding carboxylic acids is 1. The molecule has 6 nitrogen and oxygen atoms in total. The molecule has 2 unspecified atom stereocenters. The van der Waals surface area contributed by atoms with Gasteiger partial charge in [0, 0.05) is 38.5 Å². The Hall–Kier alpha value is -1.95. The van der Waals surface area contributed by atoms with Gasteiger partial charge < -0.3 is 19.3 Å². The lowest BCUT2D eigenvalue weighted by atomic mass is 10.0. The lowest BCUT2D eigenvalue weighted by molar-refractivity contribution is -0.129. The Morgan fingerprint density at radius 3 is 2.74 bits per heavy atom. The Balaban J connectivity index is 0.00000210. The number of para-hydroxylation sites is 2. The van der Waals surface area contributed by atoms with Crippen molar-refractivity contribution in [3.63, 3.8) is 0 Å². The summed E-state index contributed by atoms with van der Waals surface area (Å²) >= 11 is 0. The largest absolute Gasteiger partial charge is 0.486 e. The minimum atomic E-state index is 0. The van der Waals surface area contributed by atoms with Gasteiger partial charge in [-0.25, -0.2) is 0 Å². The Labute approximate surface area is 166 Å². The molecule has 0 saturated carbocycles. The monoisotopic (exact) mass is 393 g/mol. The Kier molecular flexibility index (Phi) is 6.47. The third-order valence-electron chi connectivity index (χ3n) is 5.62. The fourth-order valence-corrected chi connectivity index (χ4v) is 4.18. The number of halogens is 1. The molecule has 0 spiro atoms. The molecule has 2 fully saturated rings. The van der Waals surface area contributed by atoms with Crippen LogP contribution in [0.2, 0.25) is 0 Å². The van der Waals surface area contributed by atoms with Gasteiger partial charge in [0.05, 0.1) is 5.84 Å². The number of likely N-dealkylation sites (tertiary alicyclic amines) is 2. The zero-order chi connectivity index (χ0) is 17.9. The maximum atomic E-state index is 11.9. The smallest absolute Gasteiger partial charge is 0.222 e. The molecule has 3 heterocycles. The molecule has 1 N–H and O–H groups in total. The number of hydrogen-bond donors (Lipinski definition) is 1. The second kappa shape index (κ2) is 8.83. The summed E-state index contributed by atoms with van der Waals surface area (Å²) in [6, 6.07) is 8.03. The van der Waals surface area contributed by atoms with Crippen LogP contribution in [0.5, 0.6) is 11.5 Å². The van der Waals surface area contributed by atoms with Crippen LogP contribution in [0.3, 0.4) is 0 Å². The van der Waals surface area contributed by atoms with E-state index in [1.54, 1.807) is 0 Å². The summed E-state index contributed by atoms with van der Waals surface area (Å²) in [6.45, 7) is 3.21. The topological polar surface area (TPSA) is 65.9 Å². The van der Waals surface area contributed by atoms with Crippen LogP contribution in [0.25, 0.3) is 0 Å². The van der Waals surface area contributed by atoms with Gasteiger partial charge in [-0.2, -0.15) is 0 Å². The van der Waals surface area contributed by atoms with Gasteiger partial charge in [-0.15, -0.1) is 12.4 Å². The van der Waals surface area contributed by atoms with Crippen molar-refractivity contribution >= 4 is 24.1 Å².